The number of hydrogen-bond acceptors (Lipinski definition) is 4. The molecular weight excluding hydrogens is 202 g/mol. The van der Waals surface area contributed by atoms with E-state index in [1.54, 1.807) is 0 Å². The van der Waals surface area contributed by atoms with E-state index in [4.69, 9.17) is 4.52 Å². The molecule has 1 aromatic heterocycles. The summed E-state index contributed by atoms with van der Waals surface area (Å²) in [6.07, 6.45) is 4.57. The Morgan fingerprint density at radius 1 is 1.44 bits per heavy atom. The van der Waals surface area contributed by atoms with Crippen LogP contribution in [0.2, 0.25) is 0 Å². The number of hydrogen-bond donors (Lipinski definition) is 1. The molecule has 0 aliphatic carbocycles. The maximum Gasteiger partial charge on any atom is 0.226 e. The zero-order chi connectivity index (χ0) is 11.4. The zero-order valence-corrected chi connectivity index (χ0v) is 10.2. The minimum absolute atomic E-state index is 0.437. The van der Waals surface area contributed by atoms with E-state index in [0.29, 0.717) is 11.8 Å². The summed E-state index contributed by atoms with van der Waals surface area (Å²) in [4.78, 5) is 4.50. The molecular formula is C12H21N3O. The second-order valence-electron chi connectivity index (χ2n) is 5.04. The van der Waals surface area contributed by atoms with Crippen molar-refractivity contribution < 1.29 is 4.52 Å². The molecule has 0 saturated carbocycles. The Hall–Kier alpha value is -0.900. The SMILES string of the molecule is CC(C)Cc1nc(C2CCCCNC2)no1. The Kier molecular flexibility index (Phi) is 3.93. The Morgan fingerprint density at radius 2 is 2.31 bits per heavy atom. The van der Waals surface area contributed by atoms with Crippen LogP contribution in [0, 0.1) is 5.92 Å². The van der Waals surface area contributed by atoms with Gasteiger partial charge in [-0.1, -0.05) is 25.4 Å². The minimum atomic E-state index is 0.437. The van der Waals surface area contributed by atoms with Crippen LogP contribution in [0.3, 0.4) is 0 Å². The minimum Gasteiger partial charge on any atom is -0.339 e. The summed E-state index contributed by atoms with van der Waals surface area (Å²) >= 11 is 0. The van der Waals surface area contributed by atoms with E-state index in [2.05, 4.69) is 29.3 Å². The third-order valence-corrected chi connectivity index (χ3v) is 2.98. The van der Waals surface area contributed by atoms with Gasteiger partial charge in [-0.25, -0.2) is 0 Å². The van der Waals surface area contributed by atoms with Crippen LogP contribution >= 0.6 is 0 Å². The van der Waals surface area contributed by atoms with Crippen molar-refractivity contribution in [2.45, 2.75) is 45.4 Å². The van der Waals surface area contributed by atoms with Gasteiger partial charge in [-0.2, -0.15) is 4.98 Å². The molecule has 1 N–H and O–H groups in total. The Morgan fingerprint density at radius 3 is 3.12 bits per heavy atom. The molecule has 1 fully saturated rings. The Bertz CT molecular complexity index is 314. The highest BCUT2D eigenvalue weighted by Gasteiger charge is 2.19. The zero-order valence-electron chi connectivity index (χ0n) is 10.2. The standard InChI is InChI=1S/C12H21N3O/c1-9(2)7-11-14-12(15-16-11)10-5-3-4-6-13-8-10/h9-10,13H,3-8H2,1-2H3. The molecule has 0 amide bonds. The molecule has 4 nitrogen and oxygen atoms in total. The first kappa shape index (κ1) is 11.6. The van der Waals surface area contributed by atoms with Crippen LogP contribution in [0.15, 0.2) is 4.52 Å². The number of aromatic nitrogens is 2. The van der Waals surface area contributed by atoms with Gasteiger partial charge in [0.2, 0.25) is 5.89 Å². The van der Waals surface area contributed by atoms with Crippen molar-refractivity contribution in [3.8, 4) is 0 Å². The van der Waals surface area contributed by atoms with Crippen LogP contribution in [0.1, 0.15) is 50.7 Å². The van der Waals surface area contributed by atoms with Crippen molar-refractivity contribution in [2.24, 2.45) is 5.92 Å². The molecule has 4 heteroatoms. The van der Waals surface area contributed by atoms with Crippen molar-refractivity contribution in [3.63, 3.8) is 0 Å². The molecule has 1 atom stereocenters. The second kappa shape index (κ2) is 5.43. The summed E-state index contributed by atoms with van der Waals surface area (Å²) in [7, 11) is 0. The van der Waals surface area contributed by atoms with E-state index < -0.39 is 0 Å². The molecule has 1 aliphatic rings. The van der Waals surface area contributed by atoms with E-state index in [-0.39, 0.29) is 0 Å². The summed E-state index contributed by atoms with van der Waals surface area (Å²) in [5, 5.41) is 7.53. The molecule has 16 heavy (non-hydrogen) atoms. The van der Waals surface area contributed by atoms with Crippen molar-refractivity contribution in [1.82, 2.24) is 15.5 Å². The molecule has 2 rings (SSSR count). The normalized spacial score (nSPS) is 22.3. The lowest BCUT2D eigenvalue weighted by Gasteiger charge is -2.08. The predicted octanol–water partition coefficient (Wildman–Crippen LogP) is 2.13. The second-order valence-corrected chi connectivity index (χ2v) is 5.04. The van der Waals surface area contributed by atoms with Crippen molar-refractivity contribution in [3.05, 3.63) is 11.7 Å². The highest BCUT2D eigenvalue weighted by Crippen LogP contribution is 2.21. The van der Waals surface area contributed by atoms with E-state index >= 15 is 0 Å². The maximum atomic E-state index is 5.28. The smallest absolute Gasteiger partial charge is 0.226 e. The van der Waals surface area contributed by atoms with Gasteiger partial charge in [-0.15, -0.1) is 0 Å². The van der Waals surface area contributed by atoms with Crippen LogP contribution < -0.4 is 5.32 Å². The monoisotopic (exact) mass is 223 g/mol. The van der Waals surface area contributed by atoms with Gasteiger partial charge in [0.25, 0.3) is 0 Å². The summed E-state index contributed by atoms with van der Waals surface area (Å²) in [6.45, 7) is 6.43. The highest BCUT2D eigenvalue weighted by atomic mass is 16.5. The number of nitrogens with one attached hydrogen (secondary N) is 1. The Balaban J connectivity index is 1.99. The molecule has 2 heterocycles. The third kappa shape index (κ3) is 3.04. The van der Waals surface area contributed by atoms with Crippen LogP contribution in [-0.4, -0.2) is 23.2 Å². The van der Waals surface area contributed by atoms with Crippen LogP contribution in [-0.2, 0) is 6.42 Å². The van der Waals surface area contributed by atoms with E-state index in [9.17, 15) is 0 Å². The first-order chi connectivity index (χ1) is 7.75. The van der Waals surface area contributed by atoms with Crippen molar-refractivity contribution in [1.29, 1.82) is 0 Å². The van der Waals surface area contributed by atoms with Gasteiger partial charge < -0.3 is 9.84 Å². The molecule has 1 saturated heterocycles. The summed E-state index contributed by atoms with van der Waals surface area (Å²) < 4.78 is 5.28. The van der Waals surface area contributed by atoms with Gasteiger partial charge in [0.1, 0.15) is 0 Å². The first-order valence-corrected chi connectivity index (χ1v) is 6.29. The number of rotatable bonds is 3. The van der Waals surface area contributed by atoms with Gasteiger partial charge in [0, 0.05) is 18.9 Å². The quantitative estimate of drug-likeness (QED) is 0.852. The van der Waals surface area contributed by atoms with Gasteiger partial charge in [0.05, 0.1) is 0 Å². The van der Waals surface area contributed by atoms with Crippen LogP contribution in [0.5, 0.6) is 0 Å². The molecule has 0 spiro atoms. The van der Waals surface area contributed by atoms with Crippen molar-refractivity contribution in [2.75, 3.05) is 13.1 Å². The summed E-state index contributed by atoms with van der Waals surface area (Å²) in [5.41, 5.74) is 0. The van der Waals surface area contributed by atoms with E-state index in [1.165, 1.54) is 19.3 Å². The topological polar surface area (TPSA) is 51.0 Å². The Labute approximate surface area is 96.8 Å². The lowest BCUT2D eigenvalue weighted by molar-refractivity contribution is 0.355. The third-order valence-electron chi connectivity index (χ3n) is 2.98. The molecule has 90 valence electrons. The van der Waals surface area contributed by atoms with Gasteiger partial charge >= 0.3 is 0 Å². The van der Waals surface area contributed by atoms with Gasteiger partial charge in [0.15, 0.2) is 5.82 Å². The maximum absolute atomic E-state index is 5.28. The number of nitrogens with zero attached hydrogens (tertiary/aromatic N) is 2. The van der Waals surface area contributed by atoms with Gasteiger partial charge in [-0.05, 0) is 25.3 Å². The average Bonchev–Trinajstić information content (AvgIpc) is 2.53. The van der Waals surface area contributed by atoms with Crippen LogP contribution in [0.4, 0.5) is 0 Å². The average molecular weight is 223 g/mol. The fourth-order valence-electron chi connectivity index (χ4n) is 2.11. The fourth-order valence-corrected chi connectivity index (χ4v) is 2.11. The van der Waals surface area contributed by atoms with E-state index in [0.717, 1.165) is 31.2 Å². The van der Waals surface area contributed by atoms with Crippen LogP contribution in [0.25, 0.3) is 0 Å². The molecule has 0 aromatic carbocycles. The van der Waals surface area contributed by atoms with E-state index in [1.807, 2.05) is 0 Å². The lowest BCUT2D eigenvalue weighted by Crippen LogP contribution is -2.20. The largest absolute Gasteiger partial charge is 0.339 e. The fraction of sp³-hybridized carbons (Fsp3) is 0.833. The molecule has 1 unspecified atom stereocenters. The first-order valence-electron chi connectivity index (χ1n) is 6.29. The molecule has 1 aliphatic heterocycles. The highest BCUT2D eigenvalue weighted by molar-refractivity contribution is 4.97. The summed E-state index contributed by atoms with van der Waals surface area (Å²) in [5.74, 6) is 2.69. The molecule has 0 radical (unpaired) electrons. The van der Waals surface area contributed by atoms with Gasteiger partial charge in [-0.3, -0.25) is 0 Å². The molecule has 0 bridgehead atoms. The summed E-state index contributed by atoms with van der Waals surface area (Å²) in [6, 6.07) is 0. The van der Waals surface area contributed by atoms with Crippen molar-refractivity contribution >= 4 is 0 Å². The lowest BCUT2D eigenvalue weighted by atomic mass is 10.0. The predicted molar refractivity (Wildman–Crippen MR) is 62.3 cm³/mol. The molecule has 1 aromatic rings.